The summed E-state index contributed by atoms with van der Waals surface area (Å²) >= 11 is 0. The van der Waals surface area contributed by atoms with Gasteiger partial charge in [0.15, 0.2) is 11.6 Å². The maximum absolute atomic E-state index is 13.7. The van der Waals surface area contributed by atoms with Crippen LogP contribution in [0, 0.1) is 12.7 Å². The molecule has 0 aliphatic heterocycles. The Morgan fingerprint density at radius 1 is 1.31 bits per heavy atom. The van der Waals surface area contributed by atoms with E-state index in [0.717, 1.165) is 16.2 Å². The minimum absolute atomic E-state index is 0.255. The third-order valence-electron chi connectivity index (χ3n) is 4.19. The molecule has 2 heterocycles. The number of carbonyl (C=O) groups is 1. The van der Waals surface area contributed by atoms with Gasteiger partial charge in [-0.1, -0.05) is 43.0 Å². The summed E-state index contributed by atoms with van der Waals surface area (Å²) in [5.41, 5.74) is 1.78. The fraction of sp³-hybridized carbons (Fsp3) is 0.150. The molecular weight excluding hydrogens is 333 g/mol. The van der Waals surface area contributed by atoms with Crippen molar-refractivity contribution in [3.8, 4) is 0 Å². The summed E-state index contributed by atoms with van der Waals surface area (Å²) in [4.78, 5) is 24.5. The number of carbonyl (C=O) groups excluding carboxylic acids is 1. The summed E-state index contributed by atoms with van der Waals surface area (Å²) in [7, 11) is 0. The number of benzene rings is 1. The van der Waals surface area contributed by atoms with E-state index in [1.54, 1.807) is 11.6 Å². The first kappa shape index (κ1) is 17.5. The zero-order chi connectivity index (χ0) is 18.7. The molecule has 0 saturated carbocycles. The van der Waals surface area contributed by atoms with Crippen LogP contribution in [-0.2, 0) is 13.1 Å². The van der Waals surface area contributed by atoms with Gasteiger partial charge in [-0.3, -0.25) is 14.3 Å². The third-order valence-corrected chi connectivity index (χ3v) is 4.19. The van der Waals surface area contributed by atoms with Crippen LogP contribution in [0.3, 0.4) is 0 Å². The predicted octanol–water partition coefficient (Wildman–Crippen LogP) is 3.07. The standard InChI is InChI=1S/C20H18FN3O2/c1-3-15-9-18(21)20(26)23(11-15)13-19(25)17-10-22-24(14(17)2)12-16-7-5-4-6-8-16/h3-11H,1,12-13H2,2H3. The number of hydrogen-bond donors (Lipinski definition) is 0. The van der Waals surface area contributed by atoms with Crippen molar-refractivity contribution in [1.82, 2.24) is 14.3 Å². The van der Waals surface area contributed by atoms with E-state index in [2.05, 4.69) is 11.7 Å². The van der Waals surface area contributed by atoms with Crippen LogP contribution in [0.25, 0.3) is 6.08 Å². The van der Waals surface area contributed by atoms with Crippen molar-refractivity contribution in [2.24, 2.45) is 0 Å². The van der Waals surface area contributed by atoms with Gasteiger partial charge in [0, 0.05) is 11.9 Å². The van der Waals surface area contributed by atoms with E-state index in [9.17, 15) is 14.0 Å². The lowest BCUT2D eigenvalue weighted by molar-refractivity contribution is 0.0969. The van der Waals surface area contributed by atoms with Gasteiger partial charge in [0.2, 0.25) is 0 Å². The second-order valence-corrected chi connectivity index (χ2v) is 5.97. The summed E-state index contributed by atoms with van der Waals surface area (Å²) in [5, 5.41) is 4.27. The number of Topliss-reactive ketones (excluding diaryl/α,β-unsaturated/α-hetero) is 1. The van der Waals surface area contributed by atoms with E-state index in [1.807, 2.05) is 30.3 Å². The van der Waals surface area contributed by atoms with Crippen LogP contribution in [0.2, 0.25) is 0 Å². The summed E-state index contributed by atoms with van der Waals surface area (Å²) in [6, 6.07) is 10.9. The SMILES string of the molecule is C=Cc1cc(F)c(=O)n(CC(=O)c2cnn(Cc3ccccc3)c2C)c1. The number of rotatable bonds is 6. The molecular formula is C20H18FN3O2. The summed E-state index contributed by atoms with van der Waals surface area (Å²) in [6.45, 7) is 5.64. The lowest BCUT2D eigenvalue weighted by Crippen LogP contribution is -2.26. The number of nitrogens with zero attached hydrogens (tertiary/aromatic N) is 3. The first-order chi connectivity index (χ1) is 12.5. The highest BCUT2D eigenvalue weighted by Crippen LogP contribution is 2.12. The molecule has 5 nitrogen and oxygen atoms in total. The van der Waals surface area contributed by atoms with Gasteiger partial charge in [-0.2, -0.15) is 5.10 Å². The van der Waals surface area contributed by atoms with Crippen molar-refractivity contribution in [3.05, 3.63) is 93.9 Å². The Kier molecular flexibility index (Phi) is 4.93. The largest absolute Gasteiger partial charge is 0.305 e. The van der Waals surface area contributed by atoms with Gasteiger partial charge < -0.3 is 4.57 Å². The molecule has 0 spiro atoms. The van der Waals surface area contributed by atoms with E-state index in [1.165, 1.54) is 18.5 Å². The maximum Gasteiger partial charge on any atom is 0.287 e. The van der Waals surface area contributed by atoms with Crippen molar-refractivity contribution >= 4 is 11.9 Å². The van der Waals surface area contributed by atoms with E-state index in [4.69, 9.17) is 0 Å². The number of ketones is 1. The lowest BCUT2D eigenvalue weighted by Gasteiger charge is -2.08. The van der Waals surface area contributed by atoms with Crippen LogP contribution in [0.1, 0.15) is 27.2 Å². The van der Waals surface area contributed by atoms with Crippen molar-refractivity contribution in [3.63, 3.8) is 0 Å². The van der Waals surface area contributed by atoms with Gasteiger partial charge in [0.1, 0.15) is 0 Å². The molecule has 2 aromatic heterocycles. The zero-order valence-corrected chi connectivity index (χ0v) is 14.4. The van der Waals surface area contributed by atoms with Crippen LogP contribution < -0.4 is 5.56 Å². The van der Waals surface area contributed by atoms with Crippen molar-refractivity contribution < 1.29 is 9.18 Å². The smallest absolute Gasteiger partial charge is 0.287 e. The summed E-state index contributed by atoms with van der Waals surface area (Å²) in [5.74, 6) is -1.21. The first-order valence-corrected chi connectivity index (χ1v) is 8.11. The highest BCUT2D eigenvalue weighted by molar-refractivity contribution is 5.96. The lowest BCUT2D eigenvalue weighted by atomic mass is 10.1. The van der Waals surface area contributed by atoms with Gasteiger partial charge >= 0.3 is 0 Å². The van der Waals surface area contributed by atoms with Crippen molar-refractivity contribution in [2.75, 3.05) is 0 Å². The monoisotopic (exact) mass is 351 g/mol. The minimum atomic E-state index is -0.910. The highest BCUT2D eigenvalue weighted by atomic mass is 19.1. The van der Waals surface area contributed by atoms with Crippen molar-refractivity contribution in [1.29, 1.82) is 0 Å². The maximum atomic E-state index is 13.7. The Balaban J connectivity index is 1.84. The third kappa shape index (κ3) is 3.54. The predicted molar refractivity (Wildman–Crippen MR) is 97.6 cm³/mol. The van der Waals surface area contributed by atoms with Gasteiger partial charge in [0.05, 0.1) is 24.8 Å². The van der Waals surface area contributed by atoms with E-state index >= 15 is 0 Å². The van der Waals surface area contributed by atoms with E-state index < -0.39 is 11.4 Å². The van der Waals surface area contributed by atoms with Crippen LogP contribution >= 0.6 is 0 Å². The van der Waals surface area contributed by atoms with Gasteiger partial charge in [-0.25, -0.2) is 4.39 Å². The molecule has 6 heteroatoms. The van der Waals surface area contributed by atoms with Crippen LogP contribution in [0.4, 0.5) is 4.39 Å². The molecule has 0 radical (unpaired) electrons. The van der Waals surface area contributed by atoms with E-state index in [0.29, 0.717) is 23.4 Å². The Bertz CT molecular complexity index is 1020. The molecule has 0 fully saturated rings. The number of aromatic nitrogens is 3. The normalized spacial score (nSPS) is 10.7. The highest BCUT2D eigenvalue weighted by Gasteiger charge is 2.16. The number of hydrogen-bond acceptors (Lipinski definition) is 3. The van der Waals surface area contributed by atoms with E-state index in [-0.39, 0.29) is 12.3 Å². The molecule has 132 valence electrons. The second-order valence-electron chi connectivity index (χ2n) is 5.97. The molecule has 0 aliphatic rings. The Morgan fingerprint density at radius 2 is 2.04 bits per heavy atom. The van der Waals surface area contributed by atoms with Gasteiger partial charge in [-0.05, 0) is 24.1 Å². The molecule has 26 heavy (non-hydrogen) atoms. The average Bonchev–Trinajstić information content (AvgIpc) is 3.00. The number of pyridine rings is 1. The van der Waals surface area contributed by atoms with Crippen LogP contribution in [0.5, 0.6) is 0 Å². The van der Waals surface area contributed by atoms with Gasteiger partial charge in [0.25, 0.3) is 5.56 Å². The van der Waals surface area contributed by atoms with Gasteiger partial charge in [-0.15, -0.1) is 0 Å². The minimum Gasteiger partial charge on any atom is -0.305 e. The molecule has 0 aliphatic carbocycles. The molecule has 0 amide bonds. The average molecular weight is 351 g/mol. The molecule has 0 atom stereocenters. The zero-order valence-electron chi connectivity index (χ0n) is 14.4. The number of halogens is 1. The molecule has 1 aromatic carbocycles. The molecule has 0 bridgehead atoms. The molecule has 3 aromatic rings. The van der Waals surface area contributed by atoms with Crippen LogP contribution in [-0.4, -0.2) is 20.1 Å². The fourth-order valence-corrected chi connectivity index (χ4v) is 2.73. The molecule has 3 rings (SSSR count). The quantitative estimate of drug-likeness (QED) is 0.642. The van der Waals surface area contributed by atoms with Crippen molar-refractivity contribution in [2.45, 2.75) is 20.0 Å². The topological polar surface area (TPSA) is 56.9 Å². The first-order valence-electron chi connectivity index (χ1n) is 8.11. The second kappa shape index (κ2) is 7.31. The molecule has 0 unspecified atom stereocenters. The molecule has 0 N–H and O–H groups in total. The fourth-order valence-electron chi connectivity index (χ4n) is 2.73. The summed E-state index contributed by atoms with van der Waals surface area (Å²) < 4.78 is 16.5. The Labute approximate surface area is 150 Å². The Hall–Kier alpha value is -3.28. The molecule has 0 saturated heterocycles. The summed E-state index contributed by atoms with van der Waals surface area (Å²) in [6.07, 6.45) is 4.33. The van der Waals surface area contributed by atoms with Crippen LogP contribution in [0.15, 0.2) is 60.2 Å². The Morgan fingerprint density at radius 3 is 2.73 bits per heavy atom.